The van der Waals surface area contributed by atoms with Gasteiger partial charge in [-0.2, -0.15) is 5.10 Å². The fourth-order valence-electron chi connectivity index (χ4n) is 3.81. The summed E-state index contributed by atoms with van der Waals surface area (Å²) in [5.41, 5.74) is 8.09. The largest absolute Gasteiger partial charge is 0.383 e. The highest BCUT2D eigenvalue weighted by molar-refractivity contribution is 9.10. The first kappa shape index (κ1) is 28.7. The number of likely N-dealkylation sites (tertiary alicyclic amines) is 1. The van der Waals surface area contributed by atoms with Crippen LogP contribution in [0.2, 0.25) is 0 Å². The van der Waals surface area contributed by atoms with Crippen molar-refractivity contribution in [2.45, 2.75) is 40.2 Å². The smallest absolute Gasteiger partial charge is 0.164 e. The van der Waals surface area contributed by atoms with E-state index in [2.05, 4.69) is 59.6 Å². The fraction of sp³-hybridized carbons (Fsp3) is 0.276. The lowest BCUT2D eigenvalue weighted by Crippen LogP contribution is -2.23. The monoisotopic (exact) mass is 577 g/mol. The summed E-state index contributed by atoms with van der Waals surface area (Å²) in [6.07, 6.45) is 3.64. The van der Waals surface area contributed by atoms with Crippen molar-refractivity contribution < 1.29 is 4.39 Å². The summed E-state index contributed by atoms with van der Waals surface area (Å²) >= 11 is 3.39. The molecule has 7 nitrogen and oxygen atoms in total. The third-order valence-corrected chi connectivity index (χ3v) is 6.32. The van der Waals surface area contributed by atoms with Gasteiger partial charge in [-0.15, -0.1) is 0 Å². The van der Waals surface area contributed by atoms with Crippen LogP contribution < -0.4 is 11.1 Å². The van der Waals surface area contributed by atoms with Gasteiger partial charge in [0.1, 0.15) is 23.7 Å². The van der Waals surface area contributed by atoms with Crippen molar-refractivity contribution in [3.05, 3.63) is 88.8 Å². The molecule has 0 radical (unpaired) electrons. The maximum atomic E-state index is 14.5. The van der Waals surface area contributed by atoms with Gasteiger partial charge in [-0.1, -0.05) is 62.7 Å². The van der Waals surface area contributed by atoms with Crippen molar-refractivity contribution in [1.29, 1.82) is 0 Å². The van der Waals surface area contributed by atoms with E-state index in [1.54, 1.807) is 10.7 Å². The summed E-state index contributed by atoms with van der Waals surface area (Å²) in [4.78, 5) is 10.4. The molecule has 0 saturated carbocycles. The molecule has 3 heterocycles. The molecule has 2 aromatic carbocycles. The average molecular weight is 579 g/mol. The number of aryl methyl sites for hydroxylation is 1. The molecule has 1 aliphatic heterocycles. The lowest BCUT2D eigenvalue weighted by molar-refractivity contribution is 0.432. The number of hydrogen-bond donors (Lipinski definition) is 2. The topological polar surface area (TPSA) is 84.9 Å². The fourth-order valence-corrected chi connectivity index (χ4v) is 4.23. The molecule has 38 heavy (non-hydrogen) atoms. The number of nitrogen functional groups attached to an aromatic ring is 1. The summed E-state index contributed by atoms with van der Waals surface area (Å²) in [5.74, 6) is 6.73. The zero-order valence-corrected chi connectivity index (χ0v) is 23.6. The molecule has 0 atom stereocenters. The molecule has 1 fully saturated rings. The van der Waals surface area contributed by atoms with E-state index in [0.717, 1.165) is 25.9 Å². The van der Waals surface area contributed by atoms with Gasteiger partial charge in [0, 0.05) is 29.7 Å². The van der Waals surface area contributed by atoms with E-state index in [1.165, 1.54) is 12.4 Å². The molecule has 0 unspecified atom stereocenters. The van der Waals surface area contributed by atoms with E-state index in [9.17, 15) is 4.39 Å². The number of benzene rings is 2. The van der Waals surface area contributed by atoms with Gasteiger partial charge < -0.3 is 16.0 Å². The van der Waals surface area contributed by atoms with Crippen LogP contribution >= 0.6 is 15.9 Å². The summed E-state index contributed by atoms with van der Waals surface area (Å²) in [6.45, 7) is 12.5. The molecular formula is C29H33BrFN7. The summed E-state index contributed by atoms with van der Waals surface area (Å²) in [7, 11) is 0. The third-order valence-electron chi connectivity index (χ3n) is 5.66. The molecule has 0 bridgehead atoms. The second-order valence-electron chi connectivity index (χ2n) is 8.10. The Kier molecular flexibility index (Phi) is 10.7. The Morgan fingerprint density at radius 1 is 1.08 bits per heavy atom. The number of fused-ring (bicyclic) bond motifs is 1. The van der Waals surface area contributed by atoms with Gasteiger partial charge in [0.2, 0.25) is 0 Å². The Morgan fingerprint density at radius 2 is 1.71 bits per heavy atom. The highest BCUT2D eigenvalue weighted by Crippen LogP contribution is 2.27. The second kappa shape index (κ2) is 14.1. The number of aromatic nitrogens is 4. The number of halogens is 2. The van der Waals surface area contributed by atoms with E-state index in [-0.39, 0.29) is 5.82 Å². The molecule has 0 aliphatic carbocycles. The van der Waals surface area contributed by atoms with Gasteiger partial charge in [-0.05, 0) is 53.7 Å². The van der Waals surface area contributed by atoms with Crippen molar-refractivity contribution in [3.63, 3.8) is 0 Å². The van der Waals surface area contributed by atoms with Gasteiger partial charge in [0.15, 0.2) is 5.65 Å². The molecule has 0 spiro atoms. The van der Waals surface area contributed by atoms with Crippen LogP contribution in [0.5, 0.6) is 0 Å². The first-order valence-corrected chi connectivity index (χ1v) is 13.5. The van der Waals surface area contributed by atoms with Crippen molar-refractivity contribution in [2.75, 3.05) is 24.1 Å². The zero-order chi connectivity index (χ0) is 27.5. The van der Waals surface area contributed by atoms with Crippen LogP contribution in [-0.2, 0) is 6.54 Å². The van der Waals surface area contributed by atoms with Crippen LogP contribution in [0.25, 0.3) is 11.0 Å². The molecule has 3 N–H and O–H groups in total. The number of hydrogen-bond acceptors (Lipinski definition) is 6. The number of nitrogens with two attached hydrogens (primary N) is 1. The molecule has 5 rings (SSSR count). The minimum absolute atomic E-state index is 0.325. The van der Waals surface area contributed by atoms with E-state index < -0.39 is 0 Å². The third kappa shape index (κ3) is 7.11. The predicted octanol–water partition coefficient (Wildman–Crippen LogP) is 6.42. The Labute approximate surface area is 232 Å². The maximum Gasteiger partial charge on any atom is 0.164 e. The number of rotatable bonds is 4. The molecule has 198 valence electrons. The van der Waals surface area contributed by atoms with E-state index in [0.29, 0.717) is 50.6 Å². The van der Waals surface area contributed by atoms with E-state index in [1.807, 2.05) is 57.2 Å². The van der Waals surface area contributed by atoms with Gasteiger partial charge in [-0.3, -0.25) is 0 Å². The van der Waals surface area contributed by atoms with Crippen LogP contribution in [0.15, 0.2) is 71.7 Å². The average Bonchev–Trinajstić information content (AvgIpc) is 3.61. The van der Waals surface area contributed by atoms with Gasteiger partial charge in [-0.25, -0.2) is 19.0 Å². The molecule has 2 aromatic heterocycles. The van der Waals surface area contributed by atoms with Crippen molar-refractivity contribution in [3.8, 4) is 11.8 Å². The summed E-state index contributed by atoms with van der Waals surface area (Å²) in [6, 6.07) is 15.1. The number of nitrogens with zero attached hydrogens (tertiary/aromatic N) is 5. The van der Waals surface area contributed by atoms with Crippen LogP contribution in [0.4, 0.5) is 15.9 Å². The Balaban J connectivity index is 0.000000434. The van der Waals surface area contributed by atoms with Gasteiger partial charge in [0.25, 0.3) is 0 Å². The quantitative estimate of drug-likeness (QED) is 0.272. The van der Waals surface area contributed by atoms with Crippen LogP contribution in [0.3, 0.4) is 0 Å². The lowest BCUT2D eigenvalue weighted by atomic mass is 10.2. The maximum absolute atomic E-state index is 14.5. The summed E-state index contributed by atoms with van der Waals surface area (Å²) in [5, 5.41) is 8.18. The van der Waals surface area contributed by atoms with E-state index in [4.69, 9.17) is 5.73 Å². The minimum Gasteiger partial charge on any atom is -0.383 e. The van der Waals surface area contributed by atoms with E-state index >= 15 is 0 Å². The molecule has 1 saturated heterocycles. The standard InChI is InChI=1S/C21H21BrFN7.C6H6.C2H6/c1-3-30-21-19(20(24)25-12-26-21)17(28-30)7-6-14-10-18(16(23)11-15(14)22)27-13(2)29-8-4-5-9-29;1-2-4-6-5-3-1;1-2/h10-12,27H,2-5,8-9H2,1H3,(H2,24,25,26);1-6H;1-2H3. The number of anilines is 2. The van der Waals surface area contributed by atoms with Crippen molar-refractivity contribution in [2.24, 2.45) is 0 Å². The Bertz CT molecular complexity index is 1390. The number of nitrogens with one attached hydrogen (secondary N) is 1. The predicted molar refractivity (Wildman–Crippen MR) is 157 cm³/mol. The molecule has 1 aliphatic rings. The summed E-state index contributed by atoms with van der Waals surface area (Å²) < 4.78 is 16.8. The molecule has 4 aromatic rings. The Hall–Kier alpha value is -3.90. The molecule has 9 heteroatoms. The first-order valence-electron chi connectivity index (χ1n) is 12.7. The first-order chi connectivity index (χ1) is 18.5. The highest BCUT2D eigenvalue weighted by Gasteiger charge is 2.16. The normalized spacial score (nSPS) is 12.0. The van der Waals surface area contributed by atoms with Crippen molar-refractivity contribution >= 4 is 38.5 Å². The van der Waals surface area contributed by atoms with Crippen molar-refractivity contribution in [1.82, 2.24) is 24.6 Å². The molecule has 0 amide bonds. The van der Waals surface area contributed by atoms with Crippen LogP contribution in [0, 0.1) is 17.7 Å². The zero-order valence-electron chi connectivity index (χ0n) is 22.0. The molecular weight excluding hydrogens is 545 g/mol. The Morgan fingerprint density at radius 3 is 2.32 bits per heavy atom. The highest BCUT2D eigenvalue weighted by atomic mass is 79.9. The second-order valence-corrected chi connectivity index (χ2v) is 8.96. The van der Waals surface area contributed by atoms with Crippen LogP contribution in [0.1, 0.15) is 44.9 Å². The minimum atomic E-state index is -0.383. The van der Waals surface area contributed by atoms with Gasteiger partial charge >= 0.3 is 0 Å². The van der Waals surface area contributed by atoms with Gasteiger partial charge in [0.05, 0.1) is 16.9 Å². The van der Waals surface area contributed by atoms with Crippen LogP contribution in [-0.4, -0.2) is 37.7 Å². The lowest BCUT2D eigenvalue weighted by Gasteiger charge is -2.22. The SMILES string of the molecule is C=C(Nc1cc(C#Cc2nn(CC)c3ncnc(N)c23)c(Br)cc1F)N1CCCC1.CC.c1ccccc1.